The van der Waals surface area contributed by atoms with Crippen molar-refractivity contribution < 1.29 is 14.3 Å². The van der Waals surface area contributed by atoms with Crippen LogP contribution in [0.4, 0.5) is 0 Å². The molecular weight excluding hydrogens is 180 g/mol. The lowest BCUT2D eigenvalue weighted by atomic mass is 9.99. The predicted molar refractivity (Wildman–Crippen MR) is 54.0 cm³/mol. The highest BCUT2D eigenvalue weighted by Gasteiger charge is 2.59. The minimum Gasteiger partial charge on any atom is -0.458 e. The molecule has 0 aromatic carbocycles. The van der Waals surface area contributed by atoms with Crippen LogP contribution in [-0.2, 0) is 14.3 Å². The molecule has 1 rings (SSSR count). The molecule has 1 aliphatic rings. The van der Waals surface area contributed by atoms with Crippen LogP contribution in [0.1, 0.15) is 47.5 Å². The lowest BCUT2D eigenvalue weighted by Gasteiger charge is -2.19. The van der Waals surface area contributed by atoms with Gasteiger partial charge in [-0.25, -0.2) is 4.79 Å². The van der Waals surface area contributed by atoms with Crippen LogP contribution in [0.25, 0.3) is 0 Å². The van der Waals surface area contributed by atoms with Crippen molar-refractivity contribution in [3.8, 4) is 0 Å². The summed E-state index contributed by atoms with van der Waals surface area (Å²) in [4.78, 5) is 11.6. The molecule has 0 aliphatic carbocycles. The summed E-state index contributed by atoms with van der Waals surface area (Å²) in [7, 11) is 0. The zero-order valence-electron chi connectivity index (χ0n) is 9.72. The SMILES string of the molecule is CCC1(CC)OC1C(=O)OC(C)(C)C. The second kappa shape index (κ2) is 3.54. The van der Waals surface area contributed by atoms with Crippen molar-refractivity contribution in [1.82, 2.24) is 0 Å². The molecule has 14 heavy (non-hydrogen) atoms. The Morgan fingerprint density at radius 1 is 1.36 bits per heavy atom. The molecule has 0 aromatic heterocycles. The van der Waals surface area contributed by atoms with Gasteiger partial charge in [-0.2, -0.15) is 0 Å². The maximum Gasteiger partial charge on any atom is 0.338 e. The van der Waals surface area contributed by atoms with Gasteiger partial charge in [-0.15, -0.1) is 0 Å². The Morgan fingerprint density at radius 3 is 2.14 bits per heavy atom. The van der Waals surface area contributed by atoms with Crippen molar-refractivity contribution in [3.63, 3.8) is 0 Å². The van der Waals surface area contributed by atoms with E-state index in [0.717, 1.165) is 12.8 Å². The summed E-state index contributed by atoms with van der Waals surface area (Å²) in [6, 6.07) is 0. The summed E-state index contributed by atoms with van der Waals surface area (Å²) in [5.41, 5.74) is -0.654. The maximum absolute atomic E-state index is 11.6. The number of carbonyl (C=O) groups excluding carboxylic acids is 1. The largest absolute Gasteiger partial charge is 0.458 e. The number of hydrogen-bond acceptors (Lipinski definition) is 3. The number of rotatable bonds is 3. The van der Waals surface area contributed by atoms with Crippen LogP contribution in [-0.4, -0.2) is 23.3 Å². The molecule has 82 valence electrons. The third-order valence-electron chi connectivity index (χ3n) is 2.59. The van der Waals surface area contributed by atoms with E-state index in [4.69, 9.17) is 9.47 Å². The van der Waals surface area contributed by atoms with E-state index in [2.05, 4.69) is 0 Å². The van der Waals surface area contributed by atoms with E-state index in [1.54, 1.807) is 0 Å². The Kier molecular flexibility index (Phi) is 2.91. The molecule has 1 fully saturated rings. The Balaban J connectivity index is 2.51. The smallest absolute Gasteiger partial charge is 0.338 e. The van der Waals surface area contributed by atoms with Crippen molar-refractivity contribution in [2.45, 2.75) is 64.8 Å². The van der Waals surface area contributed by atoms with Gasteiger partial charge in [0.15, 0.2) is 6.10 Å². The molecule has 1 aliphatic heterocycles. The molecule has 0 radical (unpaired) electrons. The van der Waals surface area contributed by atoms with E-state index >= 15 is 0 Å². The molecule has 3 nitrogen and oxygen atoms in total. The third kappa shape index (κ3) is 2.27. The van der Waals surface area contributed by atoms with Gasteiger partial charge in [0.1, 0.15) is 11.2 Å². The van der Waals surface area contributed by atoms with Gasteiger partial charge in [0.05, 0.1) is 0 Å². The number of carbonyl (C=O) groups is 1. The molecule has 1 saturated heterocycles. The monoisotopic (exact) mass is 200 g/mol. The van der Waals surface area contributed by atoms with Crippen molar-refractivity contribution in [3.05, 3.63) is 0 Å². The average Bonchev–Trinajstić information content (AvgIpc) is 2.76. The highest BCUT2D eigenvalue weighted by molar-refractivity contribution is 5.79. The topological polar surface area (TPSA) is 38.8 Å². The first kappa shape index (κ1) is 11.5. The minimum absolute atomic E-state index is 0.221. The van der Waals surface area contributed by atoms with Crippen LogP contribution < -0.4 is 0 Å². The normalized spacial score (nSPS) is 24.5. The van der Waals surface area contributed by atoms with Gasteiger partial charge in [0.25, 0.3) is 0 Å². The van der Waals surface area contributed by atoms with E-state index in [1.807, 2.05) is 34.6 Å². The van der Waals surface area contributed by atoms with E-state index in [9.17, 15) is 4.79 Å². The Bertz CT molecular complexity index is 223. The van der Waals surface area contributed by atoms with Gasteiger partial charge in [-0.1, -0.05) is 13.8 Å². The Labute approximate surface area is 85.8 Å². The van der Waals surface area contributed by atoms with Crippen LogP contribution in [0.2, 0.25) is 0 Å². The van der Waals surface area contributed by atoms with Crippen molar-refractivity contribution in [2.75, 3.05) is 0 Å². The molecule has 0 N–H and O–H groups in total. The lowest BCUT2D eigenvalue weighted by Crippen LogP contribution is -2.29. The first-order chi connectivity index (χ1) is 6.34. The van der Waals surface area contributed by atoms with Gasteiger partial charge in [0, 0.05) is 0 Å². The fraction of sp³-hybridized carbons (Fsp3) is 0.909. The molecule has 0 spiro atoms. The first-order valence-corrected chi connectivity index (χ1v) is 5.25. The van der Waals surface area contributed by atoms with Crippen LogP contribution in [0.5, 0.6) is 0 Å². The zero-order valence-corrected chi connectivity index (χ0v) is 9.72. The quantitative estimate of drug-likeness (QED) is 0.518. The van der Waals surface area contributed by atoms with Gasteiger partial charge >= 0.3 is 5.97 Å². The van der Waals surface area contributed by atoms with E-state index < -0.39 is 5.60 Å². The number of ether oxygens (including phenoxy) is 2. The fourth-order valence-electron chi connectivity index (χ4n) is 1.61. The lowest BCUT2D eigenvalue weighted by molar-refractivity contribution is -0.156. The summed E-state index contributed by atoms with van der Waals surface area (Å²) in [5.74, 6) is -0.221. The molecule has 1 atom stereocenters. The number of hydrogen-bond donors (Lipinski definition) is 0. The molecule has 0 aromatic rings. The second-order valence-electron chi connectivity index (χ2n) is 4.80. The van der Waals surface area contributed by atoms with Crippen LogP contribution in [0.3, 0.4) is 0 Å². The molecule has 3 heteroatoms. The van der Waals surface area contributed by atoms with Crippen molar-refractivity contribution >= 4 is 5.97 Å². The molecule has 0 amide bonds. The van der Waals surface area contributed by atoms with Gasteiger partial charge in [-0.05, 0) is 33.6 Å². The molecular formula is C11H20O3. The maximum atomic E-state index is 11.6. The summed E-state index contributed by atoms with van der Waals surface area (Å²) >= 11 is 0. The fourth-order valence-corrected chi connectivity index (χ4v) is 1.61. The van der Waals surface area contributed by atoms with E-state index in [1.165, 1.54) is 0 Å². The third-order valence-corrected chi connectivity index (χ3v) is 2.59. The standard InChI is InChI=1S/C11H20O3/c1-6-11(7-2)8(13-11)9(12)14-10(3,4)5/h8H,6-7H2,1-5H3. The van der Waals surface area contributed by atoms with Crippen LogP contribution in [0.15, 0.2) is 0 Å². The molecule has 1 heterocycles. The number of epoxide rings is 1. The first-order valence-electron chi connectivity index (χ1n) is 5.25. The Hall–Kier alpha value is -0.570. The van der Waals surface area contributed by atoms with E-state index in [-0.39, 0.29) is 17.7 Å². The summed E-state index contributed by atoms with van der Waals surface area (Å²) in [5, 5.41) is 0. The molecule has 1 unspecified atom stereocenters. The van der Waals surface area contributed by atoms with Gasteiger partial charge in [-0.3, -0.25) is 0 Å². The summed E-state index contributed by atoms with van der Waals surface area (Å²) < 4.78 is 10.7. The molecule has 0 bridgehead atoms. The highest BCUT2D eigenvalue weighted by atomic mass is 16.7. The Morgan fingerprint density at radius 2 is 1.86 bits per heavy atom. The van der Waals surface area contributed by atoms with Crippen LogP contribution in [0, 0.1) is 0 Å². The minimum atomic E-state index is -0.420. The summed E-state index contributed by atoms with van der Waals surface area (Å²) in [6.07, 6.45) is 1.40. The van der Waals surface area contributed by atoms with Crippen molar-refractivity contribution in [1.29, 1.82) is 0 Å². The van der Waals surface area contributed by atoms with Crippen LogP contribution >= 0.6 is 0 Å². The van der Waals surface area contributed by atoms with Crippen molar-refractivity contribution in [2.24, 2.45) is 0 Å². The predicted octanol–water partition coefficient (Wildman–Crippen LogP) is 2.29. The zero-order chi connectivity index (χ0) is 11.0. The van der Waals surface area contributed by atoms with Gasteiger partial charge < -0.3 is 9.47 Å². The second-order valence-corrected chi connectivity index (χ2v) is 4.80. The highest BCUT2D eigenvalue weighted by Crippen LogP contribution is 2.43. The molecule has 0 saturated carbocycles. The van der Waals surface area contributed by atoms with E-state index in [0.29, 0.717) is 0 Å². The summed E-state index contributed by atoms with van der Waals surface area (Å²) in [6.45, 7) is 9.67. The average molecular weight is 200 g/mol. The van der Waals surface area contributed by atoms with Gasteiger partial charge in [0.2, 0.25) is 0 Å². The number of esters is 1.